The second-order valence-corrected chi connectivity index (χ2v) is 3.80. The van der Waals surface area contributed by atoms with Gasteiger partial charge in [0.1, 0.15) is 6.79 Å². The maximum Gasteiger partial charge on any atom is 0.407 e. The molecule has 0 aliphatic carbocycles. The molecule has 17 heavy (non-hydrogen) atoms. The quantitative estimate of drug-likeness (QED) is 0.340. The number of rotatable bonds is 5. The van der Waals surface area contributed by atoms with Gasteiger partial charge < -0.3 is 19.5 Å². The van der Waals surface area contributed by atoms with E-state index in [1.54, 1.807) is 0 Å². The lowest BCUT2D eigenvalue weighted by Crippen LogP contribution is -2.48. The molecule has 0 spiro atoms. The van der Waals surface area contributed by atoms with Gasteiger partial charge >= 0.3 is 6.09 Å². The van der Waals surface area contributed by atoms with Gasteiger partial charge in [-0.2, -0.15) is 0 Å². The van der Waals surface area contributed by atoms with Crippen LogP contribution in [0, 0.1) is 5.92 Å². The molecule has 0 aromatic carbocycles. The van der Waals surface area contributed by atoms with Gasteiger partial charge in [0, 0.05) is 25.1 Å². The zero-order valence-corrected chi connectivity index (χ0v) is 9.65. The molecule has 1 amide bonds. The van der Waals surface area contributed by atoms with Crippen molar-refractivity contribution >= 4 is 6.09 Å². The van der Waals surface area contributed by atoms with Crippen LogP contribution in [-0.4, -0.2) is 55.7 Å². The lowest BCUT2D eigenvalue weighted by Gasteiger charge is -2.36. The maximum atomic E-state index is 10.9. The number of carbonyl (C=O) groups is 1. The lowest BCUT2D eigenvalue weighted by atomic mass is 9.94. The molecule has 1 aliphatic rings. The zero-order chi connectivity index (χ0) is 12.7. The Morgan fingerprint density at radius 1 is 1.71 bits per heavy atom. The van der Waals surface area contributed by atoms with Crippen LogP contribution < -0.4 is 0 Å². The summed E-state index contributed by atoms with van der Waals surface area (Å²) < 4.78 is 10.2. The molecular weight excluding hydrogens is 228 g/mol. The Hall–Kier alpha value is -1.50. The highest BCUT2D eigenvalue weighted by Crippen LogP contribution is 2.21. The van der Waals surface area contributed by atoms with Crippen LogP contribution in [0.2, 0.25) is 0 Å². The molecule has 0 aromatic heterocycles. The number of hydrogen-bond acceptors (Lipinski definition) is 4. The van der Waals surface area contributed by atoms with Crippen molar-refractivity contribution in [1.29, 1.82) is 0 Å². The first-order valence-corrected chi connectivity index (χ1v) is 5.28. The van der Waals surface area contributed by atoms with Crippen molar-refractivity contribution in [3.8, 4) is 0 Å². The Morgan fingerprint density at radius 2 is 2.47 bits per heavy atom. The van der Waals surface area contributed by atoms with E-state index < -0.39 is 6.09 Å². The van der Waals surface area contributed by atoms with E-state index in [9.17, 15) is 4.79 Å². The fraction of sp³-hybridized carbons (Fsp3) is 0.889. The van der Waals surface area contributed by atoms with Crippen LogP contribution in [0.5, 0.6) is 0 Å². The normalized spacial score (nSPS) is 24.2. The lowest BCUT2D eigenvalue weighted by molar-refractivity contribution is -0.108. The van der Waals surface area contributed by atoms with Crippen molar-refractivity contribution in [3.63, 3.8) is 0 Å². The van der Waals surface area contributed by atoms with Crippen LogP contribution in [0.1, 0.15) is 6.42 Å². The number of likely N-dealkylation sites (tertiary alicyclic amines) is 1. The number of amides is 1. The summed E-state index contributed by atoms with van der Waals surface area (Å²) in [5.74, 6) is 0.0386. The van der Waals surface area contributed by atoms with Crippen molar-refractivity contribution in [2.45, 2.75) is 12.5 Å². The summed E-state index contributed by atoms with van der Waals surface area (Å²) in [6.07, 6.45) is -0.622. The molecule has 2 unspecified atom stereocenters. The summed E-state index contributed by atoms with van der Waals surface area (Å²) in [6.45, 7) is 1.14. The SMILES string of the molecule is COCOC1CN(C(=O)O)CCC1CN=[N+]=[N-]. The van der Waals surface area contributed by atoms with Gasteiger partial charge in [-0.1, -0.05) is 5.11 Å². The van der Waals surface area contributed by atoms with Gasteiger partial charge in [-0.3, -0.25) is 0 Å². The van der Waals surface area contributed by atoms with Gasteiger partial charge in [0.25, 0.3) is 0 Å². The third kappa shape index (κ3) is 4.10. The highest BCUT2D eigenvalue weighted by atomic mass is 16.7. The highest BCUT2D eigenvalue weighted by molar-refractivity contribution is 5.65. The molecule has 1 fully saturated rings. The standard InChI is InChI=1S/C9H16N4O4/c1-16-6-17-8-5-13(9(14)15)3-2-7(8)4-11-12-10/h7-8H,2-6H2,1H3,(H,14,15). The Morgan fingerprint density at radius 3 is 3.06 bits per heavy atom. The zero-order valence-electron chi connectivity index (χ0n) is 9.65. The van der Waals surface area contributed by atoms with E-state index in [2.05, 4.69) is 10.0 Å². The topological polar surface area (TPSA) is 108 Å². The summed E-state index contributed by atoms with van der Waals surface area (Å²) in [5.41, 5.74) is 8.29. The number of azide groups is 1. The number of hydrogen-bond donors (Lipinski definition) is 1. The second-order valence-electron chi connectivity index (χ2n) is 3.80. The molecule has 1 rings (SSSR count). The first kappa shape index (κ1) is 13.6. The van der Waals surface area contributed by atoms with Crippen molar-refractivity contribution in [2.24, 2.45) is 11.0 Å². The van der Waals surface area contributed by atoms with Crippen molar-refractivity contribution in [1.82, 2.24) is 4.90 Å². The van der Waals surface area contributed by atoms with E-state index in [0.29, 0.717) is 19.5 Å². The van der Waals surface area contributed by atoms with E-state index in [1.807, 2.05) is 0 Å². The molecule has 1 saturated heterocycles. The third-order valence-electron chi connectivity index (χ3n) is 2.75. The molecule has 0 saturated carbocycles. The molecule has 2 atom stereocenters. The summed E-state index contributed by atoms with van der Waals surface area (Å²) in [5, 5.41) is 12.4. The maximum absolute atomic E-state index is 10.9. The van der Waals surface area contributed by atoms with E-state index in [-0.39, 0.29) is 25.4 Å². The smallest absolute Gasteiger partial charge is 0.407 e. The summed E-state index contributed by atoms with van der Waals surface area (Å²) in [7, 11) is 1.50. The van der Waals surface area contributed by atoms with Crippen LogP contribution in [0.4, 0.5) is 4.79 Å². The number of ether oxygens (including phenoxy) is 2. The Balaban J connectivity index is 2.57. The molecule has 96 valence electrons. The van der Waals surface area contributed by atoms with Gasteiger partial charge in [-0.25, -0.2) is 4.79 Å². The molecule has 0 bridgehead atoms. The van der Waals surface area contributed by atoms with Crippen molar-refractivity contribution < 1.29 is 19.4 Å². The Labute approximate surface area is 98.7 Å². The van der Waals surface area contributed by atoms with Crippen molar-refractivity contribution in [2.75, 3.05) is 33.5 Å². The minimum Gasteiger partial charge on any atom is -0.465 e. The van der Waals surface area contributed by atoms with Gasteiger partial charge in [0.15, 0.2) is 0 Å². The third-order valence-corrected chi connectivity index (χ3v) is 2.75. The number of carboxylic acid groups (broad SMARTS) is 1. The minimum absolute atomic E-state index is 0.0386. The Bertz CT molecular complexity index is 305. The molecule has 0 radical (unpaired) electrons. The molecule has 8 heteroatoms. The molecule has 8 nitrogen and oxygen atoms in total. The Kier molecular flexibility index (Phi) is 5.55. The first-order chi connectivity index (χ1) is 8.19. The molecule has 1 N–H and O–H groups in total. The monoisotopic (exact) mass is 244 g/mol. The molecule has 1 aliphatic heterocycles. The number of nitrogens with zero attached hydrogens (tertiary/aromatic N) is 4. The van der Waals surface area contributed by atoms with Gasteiger partial charge in [-0.05, 0) is 17.9 Å². The van der Waals surface area contributed by atoms with Crippen molar-refractivity contribution in [3.05, 3.63) is 10.4 Å². The average molecular weight is 244 g/mol. The molecule has 1 heterocycles. The van der Waals surface area contributed by atoms with Crippen LogP contribution in [0.15, 0.2) is 5.11 Å². The van der Waals surface area contributed by atoms with E-state index in [0.717, 1.165) is 0 Å². The largest absolute Gasteiger partial charge is 0.465 e. The van der Waals surface area contributed by atoms with Crippen LogP contribution >= 0.6 is 0 Å². The summed E-state index contributed by atoms with van der Waals surface area (Å²) in [4.78, 5) is 14.9. The van der Waals surface area contributed by atoms with Gasteiger partial charge in [0.2, 0.25) is 0 Å². The predicted octanol–water partition coefficient (Wildman–Crippen LogP) is 1.29. The second kappa shape index (κ2) is 6.95. The van der Waals surface area contributed by atoms with E-state index in [1.165, 1.54) is 12.0 Å². The predicted molar refractivity (Wildman–Crippen MR) is 58.5 cm³/mol. The number of piperidine rings is 1. The fourth-order valence-corrected chi connectivity index (χ4v) is 1.83. The minimum atomic E-state index is -0.960. The van der Waals surface area contributed by atoms with E-state index in [4.69, 9.17) is 20.1 Å². The first-order valence-electron chi connectivity index (χ1n) is 5.28. The van der Waals surface area contributed by atoms with Crippen LogP contribution in [0.3, 0.4) is 0 Å². The van der Waals surface area contributed by atoms with E-state index >= 15 is 0 Å². The molecule has 0 aromatic rings. The van der Waals surface area contributed by atoms with Crippen LogP contribution in [0.25, 0.3) is 10.4 Å². The average Bonchev–Trinajstić information content (AvgIpc) is 2.34. The number of methoxy groups -OCH3 is 1. The molecular formula is C9H16N4O4. The summed E-state index contributed by atoms with van der Waals surface area (Å²) in [6, 6.07) is 0. The highest BCUT2D eigenvalue weighted by Gasteiger charge is 2.31. The van der Waals surface area contributed by atoms with Gasteiger partial charge in [-0.15, -0.1) is 0 Å². The summed E-state index contributed by atoms with van der Waals surface area (Å²) >= 11 is 0. The van der Waals surface area contributed by atoms with Gasteiger partial charge in [0.05, 0.1) is 12.6 Å². The fourth-order valence-electron chi connectivity index (χ4n) is 1.83. The van der Waals surface area contributed by atoms with Crippen LogP contribution in [-0.2, 0) is 9.47 Å².